The molecule has 5 aromatic rings. The average molecular weight is 725 g/mol. The summed E-state index contributed by atoms with van der Waals surface area (Å²) in [5.41, 5.74) is 4.31. The molecule has 2 aromatic heterocycles. The molecule has 2 amide bonds. The molecule has 0 unspecified atom stereocenters. The Hall–Kier alpha value is -4.57. The van der Waals surface area contributed by atoms with Gasteiger partial charge in [0.25, 0.3) is 0 Å². The van der Waals surface area contributed by atoms with E-state index in [9.17, 15) is 9.59 Å². The van der Waals surface area contributed by atoms with Crippen LogP contribution in [0.25, 0.3) is 44.2 Å². The molecule has 2 aliphatic rings. The Morgan fingerprint density at radius 3 is 2.04 bits per heavy atom. The highest BCUT2D eigenvalue weighted by molar-refractivity contribution is 6.32. The van der Waals surface area contributed by atoms with Gasteiger partial charge in [0.05, 0.1) is 23.1 Å². The van der Waals surface area contributed by atoms with Crippen LogP contribution in [0.2, 0.25) is 5.15 Å². The van der Waals surface area contributed by atoms with Crippen LogP contribution >= 0.6 is 11.6 Å². The van der Waals surface area contributed by atoms with Gasteiger partial charge >= 0.3 is 12.2 Å². The molecular weight excluding hydrogens is 676 g/mol. The van der Waals surface area contributed by atoms with Crippen LogP contribution in [0.15, 0.2) is 54.6 Å². The molecule has 0 bridgehead atoms. The van der Waals surface area contributed by atoms with Gasteiger partial charge < -0.3 is 19.4 Å². The summed E-state index contributed by atoms with van der Waals surface area (Å²) in [4.78, 5) is 46.5. The first kappa shape index (κ1) is 35.8. The van der Waals surface area contributed by atoms with Crippen LogP contribution in [0.3, 0.4) is 0 Å². The number of aromatic amines is 2. The summed E-state index contributed by atoms with van der Waals surface area (Å²) in [6, 6.07) is 18.5. The van der Waals surface area contributed by atoms with Crippen LogP contribution in [0, 0.1) is 11.8 Å². The van der Waals surface area contributed by atoms with Crippen molar-refractivity contribution in [1.82, 2.24) is 29.7 Å². The van der Waals surface area contributed by atoms with Gasteiger partial charge in [0.15, 0.2) is 0 Å². The van der Waals surface area contributed by atoms with E-state index in [0.29, 0.717) is 35.1 Å². The predicted octanol–water partition coefficient (Wildman–Crippen LogP) is 10.5. The number of fused-ring (bicyclic) bond motifs is 2. The summed E-state index contributed by atoms with van der Waals surface area (Å²) < 4.78 is 11.5. The minimum Gasteiger partial charge on any atom is -0.444 e. The zero-order valence-electron chi connectivity index (χ0n) is 31.5. The number of halogens is 1. The van der Waals surface area contributed by atoms with Crippen LogP contribution < -0.4 is 0 Å². The lowest BCUT2D eigenvalue weighted by atomic mass is 9.99. The molecule has 0 aliphatic carbocycles. The number of carbonyl (C=O) groups excluding carboxylic acids is 2. The molecule has 52 heavy (non-hydrogen) atoms. The van der Waals surface area contributed by atoms with Crippen molar-refractivity contribution in [1.29, 1.82) is 0 Å². The molecule has 0 spiro atoms. The molecule has 3 aromatic carbocycles. The molecule has 11 heteroatoms. The zero-order chi connectivity index (χ0) is 37.3. The second-order valence-corrected chi connectivity index (χ2v) is 17.1. The minimum atomic E-state index is -0.584. The number of ether oxygens (including phenoxy) is 2. The van der Waals surface area contributed by atoms with E-state index in [2.05, 4.69) is 73.2 Å². The predicted molar refractivity (Wildman–Crippen MR) is 205 cm³/mol. The number of hydrogen-bond donors (Lipinski definition) is 2. The first-order valence-corrected chi connectivity index (χ1v) is 18.6. The number of benzene rings is 3. The second kappa shape index (κ2) is 13.1. The fourth-order valence-corrected chi connectivity index (χ4v) is 7.81. The lowest BCUT2D eigenvalue weighted by molar-refractivity contribution is 0.0139. The number of carbonyl (C=O) groups is 2. The second-order valence-electron chi connectivity index (χ2n) is 16.8. The molecule has 2 saturated heterocycles. The van der Waals surface area contributed by atoms with Crippen LogP contribution in [0.1, 0.15) is 98.9 Å². The van der Waals surface area contributed by atoms with Crippen molar-refractivity contribution in [2.45, 2.75) is 104 Å². The fourth-order valence-electron chi connectivity index (χ4n) is 7.56. The van der Waals surface area contributed by atoms with Crippen molar-refractivity contribution < 1.29 is 19.1 Å². The number of nitrogens with one attached hydrogen (secondary N) is 2. The highest BCUT2D eigenvalue weighted by Crippen LogP contribution is 2.41. The van der Waals surface area contributed by atoms with E-state index in [-0.39, 0.29) is 30.3 Å². The van der Waals surface area contributed by atoms with Crippen molar-refractivity contribution >= 4 is 45.6 Å². The summed E-state index contributed by atoms with van der Waals surface area (Å²) in [6.07, 6.45) is 0.943. The number of rotatable bonds is 4. The van der Waals surface area contributed by atoms with Crippen molar-refractivity contribution in [2.75, 3.05) is 6.54 Å². The average Bonchev–Trinajstić information content (AvgIpc) is 3.83. The molecule has 5 atom stereocenters. The third-order valence-electron chi connectivity index (χ3n) is 10.2. The molecule has 7 rings (SSSR count). The molecule has 2 aliphatic heterocycles. The maximum absolute atomic E-state index is 13.3. The summed E-state index contributed by atoms with van der Waals surface area (Å²) in [5, 5.41) is 2.59. The SMILES string of the molecule is C[C@@H]1C[C@@H](c2nc(-c3ccc4cc(-c5ccc6nc([C@@H]7C[C@@H](C)[C@@H](C)N7C(=O)OC(C)(C)C)[nH]c6c5)ccc4c3)c(Cl)[nH]2)N(C(=O)OC(C)(C)C)C1. The Labute approximate surface area is 310 Å². The largest absolute Gasteiger partial charge is 0.444 e. The molecule has 10 nitrogen and oxygen atoms in total. The van der Waals surface area contributed by atoms with Gasteiger partial charge in [0, 0.05) is 18.2 Å². The summed E-state index contributed by atoms with van der Waals surface area (Å²) in [7, 11) is 0. The van der Waals surface area contributed by atoms with Crippen LogP contribution in [-0.2, 0) is 9.47 Å². The Kier molecular flexibility index (Phi) is 9.04. The number of H-pyrrole nitrogens is 2. The number of likely N-dealkylation sites (tertiary alicyclic amines) is 2. The van der Waals surface area contributed by atoms with Gasteiger partial charge in [0.2, 0.25) is 0 Å². The van der Waals surface area contributed by atoms with E-state index in [1.54, 1.807) is 4.90 Å². The highest BCUT2D eigenvalue weighted by atomic mass is 35.5. The maximum Gasteiger partial charge on any atom is 0.411 e. The van der Waals surface area contributed by atoms with E-state index in [4.69, 9.17) is 31.0 Å². The standard InChI is InChI=1S/C41H49ClN6O4/c1-22-16-32(47(21-22)38(49)51-40(4,5)6)36-45-34(35(42)46-36)29-13-12-25-18-26(10-11-27(25)19-29)28-14-15-30-31(20-28)44-37(43-30)33-17-23(2)24(3)48(33)39(50)52-41(7,8)9/h10-15,18-20,22-24,32-33H,16-17,21H2,1-9H3,(H,43,44)(H,45,46)/t22-,23-,24-,32+,33+/m1/s1. The zero-order valence-corrected chi connectivity index (χ0v) is 32.3. The lowest BCUT2D eigenvalue weighted by Gasteiger charge is -2.31. The van der Waals surface area contributed by atoms with E-state index >= 15 is 0 Å². The first-order valence-electron chi connectivity index (χ1n) is 18.2. The van der Waals surface area contributed by atoms with Gasteiger partial charge in [-0.2, -0.15) is 0 Å². The molecule has 2 N–H and O–H groups in total. The summed E-state index contributed by atoms with van der Waals surface area (Å²) in [5.74, 6) is 2.07. The molecule has 274 valence electrons. The van der Waals surface area contributed by atoms with Crippen molar-refractivity contribution in [3.63, 3.8) is 0 Å². The molecule has 0 radical (unpaired) electrons. The number of nitrogens with zero attached hydrogens (tertiary/aromatic N) is 4. The molecule has 0 saturated carbocycles. The van der Waals surface area contributed by atoms with Crippen molar-refractivity contribution in [2.24, 2.45) is 11.8 Å². The molecular formula is C41H49ClN6O4. The Morgan fingerprint density at radius 2 is 1.35 bits per heavy atom. The number of hydrogen-bond acceptors (Lipinski definition) is 6. The van der Waals surface area contributed by atoms with Crippen molar-refractivity contribution in [3.8, 4) is 22.4 Å². The van der Waals surface area contributed by atoms with Gasteiger partial charge in [-0.25, -0.2) is 19.6 Å². The molecule has 4 heterocycles. The van der Waals surface area contributed by atoms with E-state index < -0.39 is 11.2 Å². The fraction of sp³-hybridized carbons (Fsp3) is 0.463. The van der Waals surface area contributed by atoms with Crippen molar-refractivity contribution in [3.05, 3.63) is 71.4 Å². The van der Waals surface area contributed by atoms with Crippen LogP contribution in [-0.4, -0.2) is 65.7 Å². The smallest absolute Gasteiger partial charge is 0.411 e. The topological polar surface area (TPSA) is 116 Å². The normalized spacial score (nSPS) is 22.5. The van der Waals surface area contributed by atoms with E-state index in [1.807, 2.05) is 58.6 Å². The lowest BCUT2D eigenvalue weighted by Crippen LogP contribution is -2.41. The van der Waals surface area contributed by atoms with Crippen LogP contribution in [0.5, 0.6) is 0 Å². The van der Waals surface area contributed by atoms with E-state index in [0.717, 1.165) is 57.2 Å². The minimum absolute atomic E-state index is 0.0403. The highest BCUT2D eigenvalue weighted by Gasteiger charge is 2.43. The monoisotopic (exact) mass is 724 g/mol. The van der Waals surface area contributed by atoms with E-state index in [1.165, 1.54) is 0 Å². The Morgan fingerprint density at radius 1 is 0.750 bits per heavy atom. The van der Waals surface area contributed by atoms with Gasteiger partial charge in [-0.05, 0) is 119 Å². The molecule has 2 fully saturated rings. The van der Waals surface area contributed by atoms with Gasteiger partial charge in [-0.3, -0.25) is 9.80 Å². The number of aromatic nitrogens is 4. The van der Waals surface area contributed by atoms with Crippen LogP contribution in [0.4, 0.5) is 9.59 Å². The first-order chi connectivity index (χ1) is 24.4. The summed E-state index contributed by atoms with van der Waals surface area (Å²) >= 11 is 6.75. The summed E-state index contributed by atoms with van der Waals surface area (Å²) in [6.45, 7) is 18.3. The number of amides is 2. The van der Waals surface area contributed by atoms with Gasteiger partial charge in [-0.1, -0.05) is 55.8 Å². The Bertz CT molecular complexity index is 2160. The third-order valence-corrected chi connectivity index (χ3v) is 10.5. The Balaban J connectivity index is 1.12. The number of imidazole rings is 2. The maximum atomic E-state index is 13.3. The quantitative estimate of drug-likeness (QED) is 0.191. The third kappa shape index (κ3) is 7.09. The van der Waals surface area contributed by atoms with Gasteiger partial charge in [-0.15, -0.1) is 0 Å². The van der Waals surface area contributed by atoms with Gasteiger partial charge in [0.1, 0.15) is 33.7 Å².